The second-order valence-electron chi connectivity index (χ2n) is 3.80. The summed E-state index contributed by atoms with van der Waals surface area (Å²) in [6.45, 7) is 1.56. The molecule has 0 radical (unpaired) electrons. The first-order valence-electron chi connectivity index (χ1n) is 5.12. The van der Waals surface area contributed by atoms with Crippen LogP contribution in [0, 0.1) is 5.92 Å². The van der Waals surface area contributed by atoms with Crippen molar-refractivity contribution in [2.45, 2.75) is 38.4 Å². The molecule has 3 nitrogen and oxygen atoms in total. The predicted molar refractivity (Wildman–Crippen MR) is 47.3 cm³/mol. The smallest absolute Gasteiger partial charge is 0.157 e. The van der Waals surface area contributed by atoms with Crippen LogP contribution < -0.4 is 0 Å². The van der Waals surface area contributed by atoms with Gasteiger partial charge in [0.2, 0.25) is 0 Å². The van der Waals surface area contributed by atoms with Gasteiger partial charge in [-0.25, -0.2) is 0 Å². The van der Waals surface area contributed by atoms with Gasteiger partial charge < -0.3 is 9.47 Å². The van der Waals surface area contributed by atoms with E-state index in [0.29, 0.717) is 18.1 Å². The van der Waals surface area contributed by atoms with Crippen LogP contribution in [0.15, 0.2) is 0 Å². The van der Waals surface area contributed by atoms with Crippen LogP contribution in [-0.4, -0.2) is 25.3 Å². The Balaban J connectivity index is 1.62. The topological polar surface area (TPSA) is 35.5 Å². The molecule has 0 spiro atoms. The van der Waals surface area contributed by atoms with Gasteiger partial charge in [-0.05, 0) is 19.3 Å². The summed E-state index contributed by atoms with van der Waals surface area (Å²) in [5.74, 6) is 0.779. The lowest BCUT2D eigenvalue weighted by molar-refractivity contribution is -0.182. The average Bonchev–Trinajstić information content (AvgIpc) is 2.99. The first-order chi connectivity index (χ1) is 6.36. The number of hydrogen-bond acceptors (Lipinski definition) is 3. The molecule has 0 unspecified atom stereocenters. The van der Waals surface area contributed by atoms with Crippen LogP contribution in [0.25, 0.3) is 0 Å². The van der Waals surface area contributed by atoms with Gasteiger partial charge in [-0.1, -0.05) is 0 Å². The van der Waals surface area contributed by atoms with Crippen molar-refractivity contribution in [1.29, 1.82) is 0 Å². The Labute approximate surface area is 78.4 Å². The molecule has 1 saturated heterocycles. The molecular formula is C10H16O3. The summed E-state index contributed by atoms with van der Waals surface area (Å²) in [5, 5.41) is 0. The van der Waals surface area contributed by atoms with Crippen molar-refractivity contribution in [2.24, 2.45) is 5.92 Å². The van der Waals surface area contributed by atoms with E-state index in [1.54, 1.807) is 0 Å². The minimum atomic E-state index is -0.114. The quantitative estimate of drug-likeness (QED) is 0.664. The van der Waals surface area contributed by atoms with Crippen LogP contribution in [-0.2, 0) is 14.3 Å². The van der Waals surface area contributed by atoms with Crippen LogP contribution >= 0.6 is 0 Å². The molecule has 0 aromatic rings. The van der Waals surface area contributed by atoms with Gasteiger partial charge in [-0.3, -0.25) is 4.79 Å². The molecule has 1 saturated carbocycles. The van der Waals surface area contributed by atoms with E-state index in [1.807, 2.05) is 0 Å². The maximum Gasteiger partial charge on any atom is 0.157 e. The summed E-state index contributed by atoms with van der Waals surface area (Å²) in [7, 11) is 0. The summed E-state index contributed by atoms with van der Waals surface area (Å²) in [4.78, 5) is 11.3. The van der Waals surface area contributed by atoms with Crippen LogP contribution in [0.4, 0.5) is 0 Å². The Bertz CT molecular complexity index is 181. The second kappa shape index (κ2) is 4.20. The normalized spacial score (nSPS) is 24.6. The lowest BCUT2D eigenvalue weighted by atomic mass is 10.1. The average molecular weight is 184 g/mol. The monoisotopic (exact) mass is 184 g/mol. The molecule has 3 heteroatoms. The summed E-state index contributed by atoms with van der Waals surface area (Å²) in [6.07, 6.45) is 4.45. The fourth-order valence-corrected chi connectivity index (χ4v) is 1.57. The Kier molecular flexibility index (Phi) is 2.96. The molecule has 0 aromatic heterocycles. The Morgan fingerprint density at radius 3 is 2.54 bits per heavy atom. The minimum absolute atomic E-state index is 0.114. The molecule has 0 bridgehead atoms. The van der Waals surface area contributed by atoms with E-state index < -0.39 is 0 Å². The minimum Gasteiger partial charge on any atom is -0.353 e. The zero-order valence-electron chi connectivity index (χ0n) is 7.83. The van der Waals surface area contributed by atoms with E-state index in [2.05, 4.69) is 0 Å². The summed E-state index contributed by atoms with van der Waals surface area (Å²) in [6, 6.07) is 0. The van der Waals surface area contributed by atoms with Gasteiger partial charge in [0, 0.05) is 18.8 Å². The number of hydrogen-bond donors (Lipinski definition) is 0. The van der Waals surface area contributed by atoms with Gasteiger partial charge in [0.15, 0.2) is 6.29 Å². The van der Waals surface area contributed by atoms with Crippen LogP contribution in [0.2, 0.25) is 0 Å². The fraction of sp³-hybridized carbons (Fsp3) is 0.900. The predicted octanol–water partition coefficient (Wildman–Crippen LogP) is 1.51. The highest BCUT2D eigenvalue weighted by Crippen LogP contribution is 2.31. The van der Waals surface area contributed by atoms with Crippen LogP contribution in [0.5, 0.6) is 0 Å². The standard InChI is InChI=1S/C10H16O3/c11-9(8-2-3-8)4-5-10-12-6-1-7-13-10/h8,10H,1-7H2. The lowest BCUT2D eigenvalue weighted by Gasteiger charge is -2.22. The number of ketones is 1. The number of Topliss-reactive ketones (excluding diaryl/α,β-unsaturated/α-hetero) is 1. The molecule has 74 valence electrons. The first-order valence-corrected chi connectivity index (χ1v) is 5.12. The molecule has 0 N–H and O–H groups in total. The third kappa shape index (κ3) is 2.78. The SMILES string of the molecule is O=C(CCC1OCCCO1)C1CC1. The molecule has 1 aliphatic heterocycles. The van der Waals surface area contributed by atoms with E-state index in [4.69, 9.17) is 9.47 Å². The van der Waals surface area contributed by atoms with Gasteiger partial charge in [0.25, 0.3) is 0 Å². The molecule has 1 heterocycles. The summed E-state index contributed by atoms with van der Waals surface area (Å²) >= 11 is 0. The molecule has 1 aliphatic carbocycles. The van der Waals surface area contributed by atoms with E-state index in [9.17, 15) is 4.79 Å². The zero-order valence-corrected chi connectivity index (χ0v) is 7.83. The van der Waals surface area contributed by atoms with Gasteiger partial charge in [-0.2, -0.15) is 0 Å². The molecule has 13 heavy (non-hydrogen) atoms. The van der Waals surface area contributed by atoms with E-state index in [0.717, 1.165) is 38.9 Å². The maximum atomic E-state index is 11.3. The van der Waals surface area contributed by atoms with Gasteiger partial charge in [0.05, 0.1) is 13.2 Å². The first kappa shape index (κ1) is 9.16. The van der Waals surface area contributed by atoms with Crippen LogP contribution in [0.3, 0.4) is 0 Å². The summed E-state index contributed by atoms with van der Waals surface area (Å²) in [5.41, 5.74) is 0. The number of carbonyl (C=O) groups excluding carboxylic acids is 1. The van der Waals surface area contributed by atoms with Crippen molar-refractivity contribution in [2.75, 3.05) is 13.2 Å². The van der Waals surface area contributed by atoms with Crippen molar-refractivity contribution in [3.63, 3.8) is 0 Å². The van der Waals surface area contributed by atoms with Crippen molar-refractivity contribution < 1.29 is 14.3 Å². The third-order valence-corrected chi connectivity index (χ3v) is 2.56. The third-order valence-electron chi connectivity index (χ3n) is 2.56. The van der Waals surface area contributed by atoms with Gasteiger partial charge in [-0.15, -0.1) is 0 Å². The maximum absolute atomic E-state index is 11.3. The Morgan fingerprint density at radius 2 is 1.92 bits per heavy atom. The molecule has 0 aromatic carbocycles. The van der Waals surface area contributed by atoms with Gasteiger partial charge >= 0.3 is 0 Å². The largest absolute Gasteiger partial charge is 0.353 e. The van der Waals surface area contributed by atoms with E-state index in [1.165, 1.54) is 0 Å². The molecular weight excluding hydrogens is 168 g/mol. The van der Waals surface area contributed by atoms with Crippen LogP contribution in [0.1, 0.15) is 32.1 Å². The lowest BCUT2D eigenvalue weighted by Crippen LogP contribution is -2.25. The van der Waals surface area contributed by atoms with Crippen molar-refractivity contribution in [3.8, 4) is 0 Å². The van der Waals surface area contributed by atoms with Crippen molar-refractivity contribution in [1.82, 2.24) is 0 Å². The highest BCUT2D eigenvalue weighted by atomic mass is 16.7. The Morgan fingerprint density at radius 1 is 1.23 bits per heavy atom. The molecule has 2 rings (SSSR count). The number of rotatable bonds is 4. The van der Waals surface area contributed by atoms with E-state index >= 15 is 0 Å². The Hall–Kier alpha value is -0.410. The second-order valence-corrected chi connectivity index (χ2v) is 3.80. The molecule has 2 aliphatic rings. The number of carbonyl (C=O) groups is 1. The zero-order chi connectivity index (χ0) is 9.10. The van der Waals surface area contributed by atoms with Crippen molar-refractivity contribution >= 4 is 5.78 Å². The fourth-order valence-electron chi connectivity index (χ4n) is 1.57. The highest BCUT2D eigenvalue weighted by Gasteiger charge is 2.29. The highest BCUT2D eigenvalue weighted by molar-refractivity contribution is 5.83. The molecule has 0 atom stereocenters. The van der Waals surface area contributed by atoms with Gasteiger partial charge in [0.1, 0.15) is 5.78 Å². The van der Waals surface area contributed by atoms with Crippen molar-refractivity contribution in [3.05, 3.63) is 0 Å². The van der Waals surface area contributed by atoms with E-state index in [-0.39, 0.29) is 6.29 Å². The summed E-state index contributed by atoms with van der Waals surface area (Å²) < 4.78 is 10.7. The molecule has 2 fully saturated rings. The number of ether oxygens (including phenoxy) is 2. The molecule has 0 amide bonds.